The van der Waals surface area contributed by atoms with E-state index in [-0.39, 0.29) is 6.04 Å². The fraction of sp³-hybridized carbons (Fsp3) is 0.818. The van der Waals surface area contributed by atoms with Crippen molar-refractivity contribution in [1.29, 1.82) is 0 Å². The zero-order valence-electron chi connectivity index (χ0n) is 9.89. The molecule has 1 aliphatic rings. The van der Waals surface area contributed by atoms with Crippen LogP contribution in [0.1, 0.15) is 44.8 Å². The highest BCUT2D eigenvalue weighted by molar-refractivity contribution is 6.99. The summed E-state index contributed by atoms with van der Waals surface area (Å²) in [4.78, 5) is 0. The van der Waals surface area contributed by atoms with E-state index in [1.165, 1.54) is 31.0 Å². The lowest BCUT2D eigenvalue weighted by atomic mass is 9.73. The molecule has 1 saturated carbocycles. The first-order valence-electron chi connectivity index (χ1n) is 5.94. The Bertz CT molecular complexity index is 304. The predicted molar refractivity (Wildman–Crippen MR) is 65.6 cm³/mol. The number of aromatic nitrogens is 2. The number of nitrogens with two attached hydrogens (primary N) is 1. The van der Waals surface area contributed by atoms with Gasteiger partial charge in [0.1, 0.15) is 0 Å². The summed E-state index contributed by atoms with van der Waals surface area (Å²) in [5.74, 6) is 7.84. The molecule has 0 amide bonds. The van der Waals surface area contributed by atoms with E-state index in [1.54, 1.807) is 0 Å². The standard InChI is InChI=1S/C11H20N4S/c1-7-3-8(2)5-9(4-7)11(14-12)10-6-13-16-15-10/h6-9,11,14H,3-5,12H2,1-2H3. The van der Waals surface area contributed by atoms with Crippen molar-refractivity contribution < 1.29 is 0 Å². The van der Waals surface area contributed by atoms with E-state index in [2.05, 4.69) is 28.0 Å². The number of nitrogens with zero attached hydrogens (tertiary/aromatic N) is 2. The molecule has 4 nitrogen and oxygen atoms in total. The van der Waals surface area contributed by atoms with Gasteiger partial charge < -0.3 is 0 Å². The first-order chi connectivity index (χ1) is 7.70. The Balaban J connectivity index is 2.09. The lowest BCUT2D eigenvalue weighted by molar-refractivity contribution is 0.175. The lowest BCUT2D eigenvalue weighted by Crippen LogP contribution is -2.37. The fourth-order valence-electron chi connectivity index (χ4n) is 3.05. The number of rotatable bonds is 3. The molecule has 16 heavy (non-hydrogen) atoms. The molecule has 3 unspecified atom stereocenters. The third-order valence-electron chi connectivity index (χ3n) is 3.56. The molecule has 0 aliphatic heterocycles. The molecule has 1 aromatic rings. The molecule has 3 atom stereocenters. The summed E-state index contributed by atoms with van der Waals surface area (Å²) in [5.41, 5.74) is 3.92. The zero-order valence-corrected chi connectivity index (χ0v) is 10.7. The van der Waals surface area contributed by atoms with Crippen molar-refractivity contribution in [3.63, 3.8) is 0 Å². The summed E-state index contributed by atoms with van der Waals surface area (Å²) in [7, 11) is 0. The molecule has 0 radical (unpaired) electrons. The Morgan fingerprint density at radius 1 is 1.38 bits per heavy atom. The molecule has 0 aromatic carbocycles. The van der Waals surface area contributed by atoms with Crippen molar-refractivity contribution in [3.05, 3.63) is 11.9 Å². The van der Waals surface area contributed by atoms with Crippen molar-refractivity contribution in [2.24, 2.45) is 23.6 Å². The summed E-state index contributed by atoms with van der Waals surface area (Å²) < 4.78 is 8.36. The molecule has 1 heterocycles. The lowest BCUT2D eigenvalue weighted by Gasteiger charge is -2.35. The van der Waals surface area contributed by atoms with Gasteiger partial charge in [-0.3, -0.25) is 11.3 Å². The van der Waals surface area contributed by atoms with Gasteiger partial charge >= 0.3 is 0 Å². The first kappa shape index (κ1) is 12.0. The van der Waals surface area contributed by atoms with Gasteiger partial charge in [-0.2, -0.15) is 8.75 Å². The third-order valence-corrected chi connectivity index (χ3v) is 4.06. The van der Waals surface area contributed by atoms with Gasteiger partial charge in [-0.05, 0) is 37.0 Å². The first-order valence-corrected chi connectivity index (χ1v) is 6.67. The minimum atomic E-state index is 0.170. The van der Waals surface area contributed by atoms with Crippen LogP contribution >= 0.6 is 11.7 Å². The maximum Gasteiger partial charge on any atom is 0.0928 e. The average Bonchev–Trinajstić information content (AvgIpc) is 2.70. The minimum absolute atomic E-state index is 0.170. The topological polar surface area (TPSA) is 63.8 Å². The summed E-state index contributed by atoms with van der Waals surface area (Å²) in [6.07, 6.45) is 5.63. The van der Waals surface area contributed by atoms with E-state index in [0.29, 0.717) is 5.92 Å². The van der Waals surface area contributed by atoms with E-state index in [0.717, 1.165) is 17.5 Å². The van der Waals surface area contributed by atoms with E-state index in [4.69, 9.17) is 5.84 Å². The second-order valence-corrected chi connectivity index (χ2v) is 5.71. The van der Waals surface area contributed by atoms with E-state index >= 15 is 0 Å². The molecule has 0 saturated heterocycles. The normalized spacial score (nSPS) is 32.6. The van der Waals surface area contributed by atoms with Gasteiger partial charge in [-0.1, -0.05) is 13.8 Å². The van der Waals surface area contributed by atoms with Crippen LogP contribution in [0.3, 0.4) is 0 Å². The van der Waals surface area contributed by atoms with Crippen LogP contribution in [0.2, 0.25) is 0 Å². The van der Waals surface area contributed by atoms with Crippen molar-refractivity contribution in [2.75, 3.05) is 0 Å². The largest absolute Gasteiger partial charge is 0.271 e. The van der Waals surface area contributed by atoms with Gasteiger partial charge in [0, 0.05) is 0 Å². The van der Waals surface area contributed by atoms with Crippen LogP contribution in [0.5, 0.6) is 0 Å². The van der Waals surface area contributed by atoms with Gasteiger partial charge in [0.05, 0.1) is 29.7 Å². The second-order valence-electron chi connectivity index (χ2n) is 5.15. The van der Waals surface area contributed by atoms with Gasteiger partial charge in [0.25, 0.3) is 0 Å². The molecule has 0 spiro atoms. The van der Waals surface area contributed by atoms with Crippen LogP contribution in [-0.4, -0.2) is 8.75 Å². The zero-order chi connectivity index (χ0) is 11.5. The molecule has 90 valence electrons. The minimum Gasteiger partial charge on any atom is -0.271 e. The molecule has 1 fully saturated rings. The monoisotopic (exact) mass is 240 g/mol. The average molecular weight is 240 g/mol. The van der Waals surface area contributed by atoms with Crippen molar-refractivity contribution >= 4 is 11.7 Å². The van der Waals surface area contributed by atoms with E-state index in [9.17, 15) is 0 Å². The Kier molecular flexibility index (Phi) is 3.89. The third kappa shape index (κ3) is 2.59. The molecule has 1 aliphatic carbocycles. The number of hydrogen-bond donors (Lipinski definition) is 2. The summed E-state index contributed by atoms with van der Waals surface area (Å²) >= 11 is 1.25. The molecule has 2 rings (SSSR count). The highest BCUT2D eigenvalue weighted by Crippen LogP contribution is 2.39. The van der Waals surface area contributed by atoms with E-state index < -0.39 is 0 Å². The molecular weight excluding hydrogens is 220 g/mol. The van der Waals surface area contributed by atoms with Crippen molar-refractivity contribution in [1.82, 2.24) is 14.2 Å². The number of nitrogens with one attached hydrogen (secondary N) is 1. The van der Waals surface area contributed by atoms with Crippen molar-refractivity contribution in [2.45, 2.75) is 39.2 Å². The Labute approximate surface area is 101 Å². The van der Waals surface area contributed by atoms with Crippen LogP contribution in [-0.2, 0) is 0 Å². The van der Waals surface area contributed by atoms with Gasteiger partial charge in [0.2, 0.25) is 0 Å². The second kappa shape index (κ2) is 5.21. The smallest absolute Gasteiger partial charge is 0.0928 e. The highest BCUT2D eigenvalue weighted by Gasteiger charge is 2.31. The van der Waals surface area contributed by atoms with Gasteiger partial charge in [0.15, 0.2) is 0 Å². The van der Waals surface area contributed by atoms with Crippen LogP contribution in [0.4, 0.5) is 0 Å². The van der Waals surface area contributed by atoms with Crippen LogP contribution in [0.25, 0.3) is 0 Å². The van der Waals surface area contributed by atoms with E-state index in [1.807, 2.05) is 6.20 Å². The Morgan fingerprint density at radius 2 is 2.06 bits per heavy atom. The molecule has 0 bridgehead atoms. The van der Waals surface area contributed by atoms with Crippen LogP contribution in [0, 0.1) is 17.8 Å². The Morgan fingerprint density at radius 3 is 2.56 bits per heavy atom. The maximum absolute atomic E-state index is 5.67. The molecule has 1 aromatic heterocycles. The SMILES string of the molecule is CC1CC(C)CC(C(NN)c2cnsn2)C1. The summed E-state index contributed by atoms with van der Waals surface area (Å²) in [6, 6.07) is 0.170. The van der Waals surface area contributed by atoms with Gasteiger partial charge in [-0.15, -0.1) is 0 Å². The number of hydrogen-bond acceptors (Lipinski definition) is 5. The predicted octanol–water partition coefficient (Wildman–Crippen LogP) is 2.11. The molecular formula is C11H20N4S. The maximum atomic E-state index is 5.67. The number of hydrazine groups is 1. The Hall–Kier alpha value is -0.520. The summed E-state index contributed by atoms with van der Waals surface area (Å²) in [5, 5.41) is 0. The highest BCUT2D eigenvalue weighted by atomic mass is 32.1. The summed E-state index contributed by atoms with van der Waals surface area (Å²) in [6.45, 7) is 4.66. The van der Waals surface area contributed by atoms with Crippen LogP contribution < -0.4 is 11.3 Å². The van der Waals surface area contributed by atoms with Crippen LogP contribution in [0.15, 0.2) is 6.20 Å². The fourth-order valence-corrected chi connectivity index (χ4v) is 3.51. The van der Waals surface area contributed by atoms with Gasteiger partial charge in [-0.25, -0.2) is 0 Å². The molecule has 3 N–H and O–H groups in total. The van der Waals surface area contributed by atoms with Crippen molar-refractivity contribution in [3.8, 4) is 0 Å². The molecule has 5 heteroatoms. The quantitative estimate of drug-likeness (QED) is 0.627.